The zero-order chi connectivity index (χ0) is 17.4. The van der Waals surface area contributed by atoms with Crippen molar-refractivity contribution in [2.75, 3.05) is 25.0 Å². The summed E-state index contributed by atoms with van der Waals surface area (Å²) in [5.41, 5.74) is 0.170. The van der Waals surface area contributed by atoms with E-state index in [1.807, 2.05) is 0 Å². The van der Waals surface area contributed by atoms with Gasteiger partial charge in [-0.05, 0) is 12.1 Å². The molecule has 5 nitrogen and oxygen atoms in total. The second kappa shape index (κ2) is 8.98. The Morgan fingerprint density at radius 3 is 2.08 bits per heavy atom. The molecule has 0 aromatic carbocycles. The number of allylic oxidation sites excluding steroid dienone is 2. The Bertz CT molecular complexity index is 742. The summed E-state index contributed by atoms with van der Waals surface area (Å²) in [6.45, 7) is -0.208. The highest BCUT2D eigenvalue weighted by Gasteiger charge is 2.36. The largest absolute Gasteiger partial charge is 0.473 e. The van der Waals surface area contributed by atoms with Gasteiger partial charge in [0, 0.05) is 6.20 Å². The molecule has 0 saturated heterocycles. The maximum atomic E-state index is 12.5. The Balaban J connectivity index is 2.34. The molecule has 0 bridgehead atoms. The normalized spacial score (nSPS) is 12.6. The number of halogens is 2. The number of hydrogen-bond donors (Lipinski definition) is 0. The highest BCUT2D eigenvalue weighted by molar-refractivity contribution is 6.24. The molecule has 0 spiro atoms. The first-order valence-corrected chi connectivity index (χ1v) is 7.85. The molecule has 0 aliphatic heterocycles. The van der Waals surface area contributed by atoms with Gasteiger partial charge in [-0.1, -0.05) is 23.7 Å². The predicted octanol–water partition coefficient (Wildman–Crippen LogP) is 2.19. The van der Waals surface area contributed by atoms with Crippen LogP contribution in [0.5, 0.6) is 0 Å². The molecule has 1 aromatic rings. The molecule has 7 heteroatoms. The predicted molar refractivity (Wildman–Crippen MR) is 88.8 cm³/mol. The standard InChI is InChI=1S/C17H11Cl2NO4/c18-7-1-3-10-23-16-14(21)12-6-5-9-20-13(12)15(22)17(16)24-11-4-2-8-19/h5-6,9H,7-8,10-11H2. The highest BCUT2D eigenvalue weighted by atomic mass is 35.5. The van der Waals surface area contributed by atoms with E-state index < -0.39 is 11.6 Å². The molecular weight excluding hydrogens is 353 g/mol. The highest BCUT2D eigenvalue weighted by Crippen LogP contribution is 2.26. The van der Waals surface area contributed by atoms with Crippen LogP contribution in [0.1, 0.15) is 20.8 Å². The molecule has 1 aliphatic rings. The van der Waals surface area contributed by atoms with Gasteiger partial charge in [0.1, 0.15) is 18.9 Å². The van der Waals surface area contributed by atoms with Crippen molar-refractivity contribution in [1.29, 1.82) is 0 Å². The summed E-state index contributed by atoms with van der Waals surface area (Å²) < 4.78 is 10.7. The average Bonchev–Trinajstić information content (AvgIpc) is 2.61. The Morgan fingerprint density at radius 2 is 1.50 bits per heavy atom. The molecule has 0 saturated carbocycles. The van der Waals surface area contributed by atoms with E-state index in [0.717, 1.165) is 0 Å². The SMILES string of the molecule is O=C1C(OCC#CCCl)=C(OCC#CCCl)C(=O)c2ncccc21. The molecule has 1 aliphatic carbocycles. The van der Waals surface area contributed by atoms with E-state index in [1.54, 1.807) is 6.07 Å². The third kappa shape index (κ3) is 4.08. The number of aromatic nitrogens is 1. The van der Waals surface area contributed by atoms with Crippen molar-refractivity contribution >= 4 is 34.8 Å². The fourth-order valence-corrected chi connectivity index (χ4v) is 2.07. The van der Waals surface area contributed by atoms with Gasteiger partial charge in [-0.25, -0.2) is 0 Å². The van der Waals surface area contributed by atoms with Gasteiger partial charge in [-0.2, -0.15) is 0 Å². The average molecular weight is 364 g/mol. The summed E-state index contributed by atoms with van der Waals surface area (Å²) in [6, 6.07) is 3.06. The fourth-order valence-electron chi connectivity index (χ4n) is 1.88. The molecule has 2 rings (SSSR count). The van der Waals surface area contributed by atoms with E-state index in [1.165, 1.54) is 12.3 Å². The first kappa shape index (κ1) is 17.9. The van der Waals surface area contributed by atoms with Gasteiger partial charge in [0.15, 0.2) is 0 Å². The Hall–Kier alpha value is -2.47. The number of rotatable bonds is 4. The van der Waals surface area contributed by atoms with Crippen molar-refractivity contribution in [2.45, 2.75) is 0 Å². The molecule has 0 N–H and O–H groups in total. The second-order valence-corrected chi connectivity index (χ2v) is 4.80. The molecule has 1 heterocycles. The van der Waals surface area contributed by atoms with E-state index >= 15 is 0 Å². The van der Waals surface area contributed by atoms with Gasteiger partial charge < -0.3 is 9.47 Å². The van der Waals surface area contributed by atoms with E-state index in [9.17, 15) is 9.59 Å². The molecule has 24 heavy (non-hydrogen) atoms. The molecule has 122 valence electrons. The molecule has 0 unspecified atom stereocenters. The number of alkyl halides is 2. The molecule has 0 fully saturated rings. The topological polar surface area (TPSA) is 65.5 Å². The number of carbonyl (C=O) groups is 2. The second-order valence-electron chi connectivity index (χ2n) is 4.27. The first-order valence-electron chi connectivity index (χ1n) is 6.78. The van der Waals surface area contributed by atoms with E-state index in [0.29, 0.717) is 0 Å². The van der Waals surface area contributed by atoms with E-state index in [4.69, 9.17) is 32.7 Å². The van der Waals surface area contributed by atoms with Crippen molar-refractivity contribution < 1.29 is 19.1 Å². The lowest BCUT2D eigenvalue weighted by Crippen LogP contribution is -2.26. The third-order valence-electron chi connectivity index (χ3n) is 2.85. The number of hydrogen-bond acceptors (Lipinski definition) is 5. The van der Waals surface area contributed by atoms with Gasteiger partial charge in [0.05, 0.1) is 17.3 Å². The lowest BCUT2D eigenvalue weighted by atomic mass is 9.97. The summed E-state index contributed by atoms with van der Waals surface area (Å²) in [6.07, 6.45) is 1.42. The number of Topliss-reactive ketones (excluding diaryl/α,β-unsaturated/α-hetero) is 2. The summed E-state index contributed by atoms with van der Waals surface area (Å²) in [4.78, 5) is 29.0. The smallest absolute Gasteiger partial charge is 0.250 e. The number of pyridine rings is 1. The minimum absolute atomic E-state index is 0.0157. The quantitative estimate of drug-likeness (QED) is 0.605. The van der Waals surface area contributed by atoms with Crippen LogP contribution in [0, 0.1) is 23.7 Å². The number of carbonyl (C=O) groups excluding carboxylic acids is 2. The van der Waals surface area contributed by atoms with Crippen molar-refractivity contribution in [3.05, 3.63) is 41.1 Å². The number of nitrogens with zero attached hydrogens (tertiary/aromatic N) is 1. The van der Waals surface area contributed by atoms with Crippen LogP contribution in [0.2, 0.25) is 0 Å². The number of fused-ring (bicyclic) bond motifs is 1. The van der Waals surface area contributed by atoms with Crippen molar-refractivity contribution in [1.82, 2.24) is 4.98 Å². The third-order valence-corrected chi connectivity index (χ3v) is 3.11. The summed E-state index contributed by atoms with van der Waals surface area (Å²) >= 11 is 10.9. The summed E-state index contributed by atoms with van der Waals surface area (Å²) in [7, 11) is 0. The first-order chi connectivity index (χ1) is 11.7. The van der Waals surface area contributed by atoms with Crippen molar-refractivity contribution in [3.8, 4) is 23.7 Å². The number of ether oxygens (including phenoxy) is 2. The molecule has 0 amide bonds. The molecular formula is C17H11Cl2NO4. The molecule has 0 atom stereocenters. The maximum Gasteiger partial charge on any atom is 0.250 e. The minimum atomic E-state index is -0.543. The summed E-state index contributed by atoms with van der Waals surface area (Å²) in [5, 5.41) is 0. The van der Waals surface area contributed by atoms with E-state index in [2.05, 4.69) is 28.7 Å². The van der Waals surface area contributed by atoms with Crippen molar-refractivity contribution in [3.63, 3.8) is 0 Å². The van der Waals surface area contributed by atoms with Crippen LogP contribution in [0.3, 0.4) is 0 Å². The van der Waals surface area contributed by atoms with Crippen LogP contribution >= 0.6 is 23.2 Å². The van der Waals surface area contributed by atoms with Crippen LogP contribution < -0.4 is 0 Å². The van der Waals surface area contributed by atoms with Crippen LogP contribution in [-0.4, -0.2) is 41.5 Å². The zero-order valence-corrected chi connectivity index (χ0v) is 13.9. The Kier molecular flexibility index (Phi) is 6.69. The lowest BCUT2D eigenvalue weighted by molar-refractivity contribution is 0.0793. The van der Waals surface area contributed by atoms with Crippen molar-refractivity contribution in [2.24, 2.45) is 0 Å². The zero-order valence-electron chi connectivity index (χ0n) is 12.4. The van der Waals surface area contributed by atoms with Gasteiger partial charge >= 0.3 is 0 Å². The van der Waals surface area contributed by atoms with Crippen LogP contribution in [0.4, 0.5) is 0 Å². The van der Waals surface area contributed by atoms with Gasteiger partial charge in [-0.3, -0.25) is 14.6 Å². The van der Waals surface area contributed by atoms with Crippen LogP contribution in [-0.2, 0) is 9.47 Å². The van der Waals surface area contributed by atoms with Gasteiger partial charge in [0.25, 0.3) is 5.78 Å². The van der Waals surface area contributed by atoms with E-state index in [-0.39, 0.29) is 47.7 Å². The minimum Gasteiger partial charge on any atom is -0.473 e. The van der Waals surface area contributed by atoms with Crippen LogP contribution in [0.25, 0.3) is 0 Å². The number of ketones is 2. The molecule has 0 radical (unpaired) electrons. The van der Waals surface area contributed by atoms with Gasteiger partial charge in [0.2, 0.25) is 17.3 Å². The summed E-state index contributed by atoms with van der Waals surface area (Å²) in [5.74, 6) is 9.20. The maximum absolute atomic E-state index is 12.5. The fraction of sp³-hybridized carbons (Fsp3) is 0.235. The lowest BCUT2D eigenvalue weighted by Gasteiger charge is -2.19. The molecule has 1 aromatic heterocycles. The Labute approximate surface area is 148 Å². The Morgan fingerprint density at radius 1 is 0.917 bits per heavy atom. The van der Waals surface area contributed by atoms with Crippen LogP contribution in [0.15, 0.2) is 29.8 Å². The van der Waals surface area contributed by atoms with Gasteiger partial charge in [-0.15, -0.1) is 23.2 Å². The monoisotopic (exact) mass is 363 g/mol.